The normalized spacial score (nSPS) is 31.6. The summed E-state index contributed by atoms with van der Waals surface area (Å²) in [6.07, 6.45) is 6.90. The third-order valence-electron chi connectivity index (χ3n) is 1.83. The molecule has 0 aromatic carbocycles. The second kappa shape index (κ2) is 4.20. The van der Waals surface area contributed by atoms with Gasteiger partial charge in [-0.05, 0) is 0 Å². The highest BCUT2D eigenvalue weighted by atomic mass is 31.2. The number of hydrogen-bond donors (Lipinski definition) is 1. The molecule has 0 spiro atoms. The van der Waals surface area contributed by atoms with Gasteiger partial charge in [0.2, 0.25) is 0 Å². The summed E-state index contributed by atoms with van der Waals surface area (Å²) < 4.78 is 20.3. The van der Waals surface area contributed by atoms with E-state index in [0.29, 0.717) is 0 Å². The van der Waals surface area contributed by atoms with E-state index in [1.54, 1.807) is 12.2 Å². The Balaban J connectivity index is 2.59. The van der Waals surface area contributed by atoms with Gasteiger partial charge in [-0.1, -0.05) is 31.2 Å². The van der Waals surface area contributed by atoms with Crippen molar-refractivity contribution in [2.75, 3.05) is 7.11 Å². The van der Waals surface area contributed by atoms with E-state index in [9.17, 15) is 4.57 Å². The predicted octanol–water partition coefficient (Wildman–Crippen LogP) is 1.88. The lowest BCUT2D eigenvalue weighted by Crippen LogP contribution is -2.18. The molecule has 0 amide bonds. The summed E-state index contributed by atoms with van der Waals surface area (Å²) in [5.74, 6) is 0.0839. The summed E-state index contributed by atoms with van der Waals surface area (Å²) in [5, 5.41) is 0. The van der Waals surface area contributed by atoms with Crippen molar-refractivity contribution in [3.8, 4) is 0 Å². The molecule has 5 heteroatoms. The molecule has 3 unspecified atom stereocenters. The maximum Gasteiger partial charge on any atom is 0.472 e. The minimum absolute atomic E-state index is 0.0839. The fourth-order valence-corrected chi connectivity index (χ4v) is 1.68. The van der Waals surface area contributed by atoms with Crippen LogP contribution in [-0.4, -0.2) is 18.1 Å². The summed E-state index contributed by atoms with van der Waals surface area (Å²) in [4.78, 5) is 9.05. The molecule has 0 radical (unpaired) electrons. The van der Waals surface area contributed by atoms with Crippen LogP contribution in [0.5, 0.6) is 0 Å². The lowest BCUT2D eigenvalue weighted by molar-refractivity contribution is 0.124. The topological polar surface area (TPSA) is 55.8 Å². The van der Waals surface area contributed by atoms with Crippen LogP contribution in [0, 0.1) is 5.92 Å². The zero-order valence-electron chi connectivity index (χ0n) is 7.58. The first-order valence-corrected chi connectivity index (χ1v) is 5.46. The van der Waals surface area contributed by atoms with Crippen molar-refractivity contribution in [2.45, 2.75) is 13.0 Å². The molecule has 0 saturated heterocycles. The molecule has 0 fully saturated rings. The smallest absolute Gasteiger partial charge is 0.302 e. The van der Waals surface area contributed by atoms with E-state index in [-0.39, 0.29) is 12.0 Å². The highest BCUT2D eigenvalue weighted by Gasteiger charge is 2.26. The highest BCUT2D eigenvalue weighted by molar-refractivity contribution is 7.47. The van der Waals surface area contributed by atoms with Gasteiger partial charge in [-0.15, -0.1) is 0 Å². The summed E-state index contributed by atoms with van der Waals surface area (Å²) in [6.45, 7) is 1.90. The van der Waals surface area contributed by atoms with Gasteiger partial charge in [0.05, 0.1) is 6.10 Å². The second-order valence-electron chi connectivity index (χ2n) is 2.85. The van der Waals surface area contributed by atoms with E-state index in [0.717, 1.165) is 7.11 Å². The summed E-state index contributed by atoms with van der Waals surface area (Å²) in [6, 6.07) is 0. The van der Waals surface area contributed by atoms with Crippen molar-refractivity contribution in [1.29, 1.82) is 0 Å². The molecule has 1 rings (SSSR count). The highest BCUT2D eigenvalue weighted by Crippen LogP contribution is 2.45. The van der Waals surface area contributed by atoms with Gasteiger partial charge in [0, 0.05) is 13.0 Å². The third-order valence-corrected chi connectivity index (χ3v) is 2.80. The number of hydrogen-bond acceptors (Lipinski definition) is 3. The van der Waals surface area contributed by atoms with Crippen LogP contribution in [0.2, 0.25) is 0 Å². The van der Waals surface area contributed by atoms with Gasteiger partial charge in [0.1, 0.15) is 0 Å². The maximum atomic E-state index is 11.0. The van der Waals surface area contributed by atoms with Crippen LogP contribution < -0.4 is 0 Å². The number of rotatable bonds is 3. The van der Waals surface area contributed by atoms with Gasteiger partial charge in [0.15, 0.2) is 0 Å². The first-order chi connectivity index (χ1) is 6.05. The van der Waals surface area contributed by atoms with Gasteiger partial charge >= 0.3 is 7.82 Å². The quantitative estimate of drug-likeness (QED) is 0.713. The van der Waals surface area contributed by atoms with Crippen LogP contribution in [0.1, 0.15) is 6.92 Å². The Kier molecular flexibility index (Phi) is 3.45. The largest absolute Gasteiger partial charge is 0.472 e. The van der Waals surface area contributed by atoms with Gasteiger partial charge in [-0.25, -0.2) is 4.57 Å². The van der Waals surface area contributed by atoms with Crippen LogP contribution in [0.25, 0.3) is 0 Å². The predicted molar refractivity (Wildman–Crippen MR) is 49.2 cm³/mol. The summed E-state index contributed by atoms with van der Waals surface area (Å²) >= 11 is 0. The molecular weight excluding hydrogens is 191 g/mol. The van der Waals surface area contributed by atoms with E-state index in [4.69, 9.17) is 9.42 Å². The molecule has 0 bridgehead atoms. The number of phosphoric acid groups is 1. The minimum atomic E-state index is -3.86. The van der Waals surface area contributed by atoms with E-state index in [1.165, 1.54) is 0 Å². The Labute approximate surface area is 77.5 Å². The first kappa shape index (κ1) is 10.7. The van der Waals surface area contributed by atoms with Crippen LogP contribution in [0.3, 0.4) is 0 Å². The van der Waals surface area contributed by atoms with Crippen molar-refractivity contribution in [2.24, 2.45) is 5.92 Å². The molecule has 0 aromatic rings. The fraction of sp³-hybridized carbons (Fsp3) is 0.500. The van der Waals surface area contributed by atoms with Crippen molar-refractivity contribution >= 4 is 7.82 Å². The van der Waals surface area contributed by atoms with Crippen LogP contribution in [0.15, 0.2) is 24.3 Å². The molecule has 74 valence electrons. The van der Waals surface area contributed by atoms with Crippen molar-refractivity contribution in [3.63, 3.8) is 0 Å². The molecule has 0 aromatic heterocycles. The number of phosphoric ester groups is 1. The molecule has 1 N–H and O–H groups in total. The lowest BCUT2D eigenvalue weighted by Gasteiger charge is -2.22. The molecule has 0 saturated carbocycles. The standard InChI is InChI=1S/C8H13O4P/c1-7-5-3-4-6-8(7)12-13(9,10)11-2/h3-8H,1-2H3,(H,9,10). The van der Waals surface area contributed by atoms with Gasteiger partial charge in [-0.3, -0.25) is 9.05 Å². The van der Waals surface area contributed by atoms with Crippen LogP contribution in [-0.2, 0) is 13.6 Å². The Morgan fingerprint density at radius 2 is 2.00 bits per heavy atom. The Hall–Kier alpha value is -0.410. The SMILES string of the molecule is COP(=O)(O)OC1C=CC=CC1C. The van der Waals surface area contributed by atoms with E-state index < -0.39 is 7.82 Å². The second-order valence-corrected chi connectivity index (χ2v) is 4.36. The van der Waals surface area contributed by atoms with Gasteiger partial charge < -0.3 is 4.89 Å². The van der Waals surface area contributed by atoms with Crippen molar-refractivity contribution in [1.82, 2.24) is 0 Å². The Bertz CT molecular complexity index is 271. The van der Waals surface area contributed by atoms with Crippen molar-refractivity contribution in [3.05, 3.63) is 24.3 Å². The zero-order chi connectivity index (χ0) is 9.90. The maximum absolute atomic E-state index is 11.0. The van der Waals surface area contributed by atoms with Crippen LogP contribution >= 0.6 is 7.82 Å². The summed E-state index contributed by atoms with van der Waals surface area (Å²) in [5.41, 5.74) is 0. The zero-order valence-corrected chi connectivity index (χ0v) is 8.48. The molecule has 1 aliphatic rings. The van der Waals surface area contributed by atoms with E-state index in [1.807, 2.05) is 19.1 Å². The van der Waals surface area contributed by atoms with Gasteiger partial charge in [-0.2, -0.15) is 0 Å². The van der Waals surface area contributed by atoms with Crippen molar-refractivity contribution < 1.29 is 18.5 Å². The summed E-state index contributed by atoms with van der Waals surface area (Å²) in [7, 11) is -2.72. The Morgan fingerprint density at radius 3 is 2.54 bits per heavy atom. The molecule has 1 aliphatic carbocycles. The molecule has 13 heavy (non-hydrogen) atoms. The monoisotopic (exact) mass is 204 g/mol. The molecule has 0 aliphatic heterocycles. The average molecular weight is 204 g/mol. The van der Waals surface area contributed by atoms with Crippen LogP contribution in [0.4, 0.5) is 0 Å². The molecule has 4 nitrogen and oxygen atoms in total. The molecule has 0 heterocycles. The minimum Gasteiger partial charge on any atom is -0.302 e. The van der Waals surface area contributed by atoms with E-state index >= 15 is 0 Å². The Morgan fingerprint density at radius 1 is 1.38 bits per heavy atom. The average Bonchev–Trinajstić information content (AvgIpc) is 2.09. The third kappa shape index (κ3) is 3.08. The van der Waals surface area contributed by atoms with E-state index in [2.05, 4.69) is 4.52 Å². The lowest BCUT2D eigenvalue weighted by atomic mass is 10.0. The fourth-order valence-electron chi connectivity index (χ4n) is 1.03. The first-order valence-electron chi connectivity index (χ1n) is 3.97. The van der Waals surface area contributed by atoms with Gasteiger partial charge in [0.25, 0.3) is 0 Å². The molecule has 3 atom stereocenters. The number of allylic oxidation sites excluding steroid dienone is 2. The molecular formula is C8H13O4P.